The van der Waals surface area contributed by atoms with Crippen molar-refractivity contribution in [2.45, 2.75) is 30.7 Å². The molecule has 0 spiro atoms. The van der Waals surface area contributed by atoms with Gasteiger partial charge < -0.3 is 20.1 Å². The van der Waals surface area contributed by atoms with E-state index >= 15 is 0 Å². The van der Waals surface area contributed by atoms with Crippen LogP contribution in [0.15, 0.2) is 77.8 Å². The fourth-order valence-electron chi connectivity index (χ4n) is 4.26. The minimum Gasteiger partial charge on any atom is -0.493 e. The molecule has 0 saturated carbocycles. The van der Waals surface area contributed by atoms with Crippen molar-refractivity contribution in [3.8, 4) is 16.9 Å². The third kappa shape index (κ3) is 5.91. The molecular weight excluding hydrogens is 502 g/mol. The Kier molecular flexibility index (Phi) is 8.51. The molecule has 0 aliphatic rings. The fraction of sp³-hybridized carbons (Fsp3) is 0.276. The summed E-state index contributed by atoms with van der Waals surface area (Å²) in [5.74, 6) is 0.0443. The summed E-state index contributed by atoms with van der Waals surface area (Å²) in [7, 11) is -0.646. The molecule has 1 atom stereocenters. The Bertz CT molecular complexity index is 1530. The van der Waals surface area contributed by atoms with Crippen molar-refractivity contribution in [1.82, 2.24) is 14.6 Å². The summed E-state index contributed by atoms with van der Waals surface area (Å²) in [4.78, 5) is 16.9. The Morgan fingerprint density at radius 2 is 1.82 bits per heavy atom. The lowest BCUT2D eigenvalue weighted by Crippen LogP contribution is -2.39. The van der Waals surface area contributed by atoms with Gasteiger partial charge in [-0.05, 0) is 59.9 Å². The lowest BCUT2D eigenvalue weighted by molar-refractivity contribution is 0.0912. The Morgan fingerprint density at radius 3 is 2.55 bits per heavy atom. The number of fused-ring (bicyclic) bond motifs is 1. The predicted octanol–water partition coefficient (Wildman–Crippen LogP) is 4.21. The second-order valence-corrected chi connectivity index (χ2v) is 11.4. The van der Waals surface area contributed by atoms with E-state index in [0.717, 1.165) is 27.2 Å². The zero-order valence-electron chi connectivity index (χ0n) is 21.8. The first kappa shape index (κ1) is 27.4. The van der Waals surface area contributed by atoms with Crippen LogP contribution in [0, 0.1) is 0 Å². The van der Waals surface area contributed by atoms with Gasteiger partial charge >= 0.3 is 0 Å². The molecule has 0 aliphatic heterocycles. The first-order valence-electron chi connectivity index (χ1n) is 12.5. The number of aromatic nitrogens is 1. The largest absolute Gasteiger partial charge is 0.493 e. The van der Waals surface area contributed by atoms with Gasteiger partial charge in [0, 0.05) is 31.2 Å². The van der Waals surface area contributed by atoms with Crippen molar-refractivity contribution in [1.29, 1.82) is 0 Å². The van der Waals surface area contributed by atoms with E-state index in [0.29, 0.717) is 35.5 Å². The maximum absolute atomic E-state index is 13.5. The van der Waals surface area contributed by atoms with Gasteiger partial charge in [-0.15, -0.1) is 0 Å². The highest BCUT2D eigenvalue weighted by atomic mass is 32.2. The number of hydrogen-bond acceptors (Lipinski definition) is 5. The predicted molar refractivity (Wildman–Crippen MR) is 149 cm³/mol. The Balaban J connectivity index is 1.64. The number of sulfonamides is 1. The third-order valence-corrected chi connectivity index (χ3v) is 8.14. The molecule has 3 N–H and O–H groups in total. The van der Waals surface area contributed by atoms with E-state index in [2.05, 4.69) is 10.3 Å². The number of benzene rings is 3. The van der Waals surface area contributed by atoms with Crippen LogP contribution < -0.4 is 10.1 Å². The maximum atomic E-state index is 13.5. The van der Waals surface area contributed by atoms with Crippen molar-refractivity contribution in [3.05, 3.63) is 84.1 Å². The van der Waals surface area contributed by atoms with Gasteiger partial charge in [-0.3, -0.25) is 4.79 Å². The van der Waals surface area contributed by atoms with Crippen LogP contribution in [0.25, 0.3) is 22.0 Å². The number of hydrogen-bond donors (Lipinski definition) is 3. The number of ether oxygens (including phenoxy) is 1. The number of rotatable bonds is 11. The molecule has 38 heavy (non-hydrogen) atoms. The van der Waals surface area contributed by atoms with E-state index in [1.54, 1.807) is 42.5 Å². The van der Waals surface area contributed by atoms with Crippen LogP contribution in [-0.2, 0) is 16.4 Å². The van der Waals surface area contributed by atoms with Gasteiger partial charge in [-0.25, -0.2) is 12.7 Å². The SMILES string of the molecule is CCCOc1ccc(-c2cccc(S(=O)(=O)N(C)C)c2)cc1C(=O)N[C@H](CO)Cc1c[nH]c2ccccc12. The summed E-state index contributed by atoms with van der Waals surface area (Å²) >= 11 is 0. The molecule has 9 heteroatoms. The van der Waals surface area contributed by atoms with Crippen molar-refractivity contribution in [2.75, 3.05) is 27.3 Å². The average Bonchev–Trinajstić information content (AvgIpc) is 3.34. The van der Waals surface area contributed by atoms with E-state index in [1.807, 2.05) is 37.4 Å². The highest BCUT2D eigenvalue weighted by molar-refractivity contribution is 7.89. The number of amides is 1. The van der Waals surface area contributed by atoms with Crippen LogP contribution in [-0.4, -0.2) is 62.1 Å². The van der Waals surface area contributed by atoms with Gasteiger partial charge in [-0.2, -0.15) is 0 Å². The van der Waals surface area contributed by atoms with Gasteiger partial charge in [0.2, 0.25) is 10.0 Å². The van der Waals surface area contributed by atoms with Crippen LogP contribution in [0.5, 0.6) is 5.75 Å². The summed E-state index contributed by atoms with van der Waals surface area (Å²) in [5.41, 5.74) is 3.63. The molecule has 8 nitrogen and oxygen atoms in total. The number of aliphatic hydroxyl groups is 1. The summed E-state index contributed by atoms with van der Waals surface area (Å²) < 4.78 is 32.3. The Labute approximate surface area is 223 Å². The highest BCUT2D eigenvalue weighted by Crippen LogP contribution is 2.29. The summed E-state index contributed by atoms with van der Waals surface area (Å²) in [6.07, 6.45) is 3.11. The van der Waals surface area contributed by atoms with Crippen LogP contribution in [0.2, 0.25) is 0 Å². The molecule has 0 radical (unpaired) electrons. The second kappa shape index (κ2) is 11.8. The van der Waals surface area contributed by atoms with E-state index in [9.17, 15) is 18.3 Å². The molecule has 0 fully saturated rings. The number of para-hydroxylation sites is 1. The molecule has 1 amide bonds. The van der Waals surface area contributed by atoms with Crippen LogP contribution in [0.4, 0.5) is 0 Å². The molecule has 0 saturated heterocycles. The van der Waals surface area contributed by atoms with Gasteiger partial charge in [0.05, 0.1) is 29.7 Å². The molecule has 200 valence electrons. The molecule has 0 unspecified atom stereocenters. The fourth-order valence-corrected chi connectivity index (χ4v) is 5.21. The zero-order chi connectivity index (χ0) is 27.3. The molecule has 4 rings (SSSR count). The summed E-state index contributed by atoms with van der Waals surface area (Å²) in [5, 5.41) is 14.1. The van der Waals surface area contributed by atoms with E-state index < -0.39 is 16.1 Å². The standard InChI is InChI=1S/C29H33N3O5S/c1-4-14-37-28-13-12-21(20-8-7-9-24(16-20)38(35,36)32(2)3)17-26(28)29(34)31-23(19-33)15-22-18-30-27-11-6-5-10-25(22)27/h5-13,16-18,23,30,33H,4,14-15,19H2,1-3H3,(H,31,34)/t23-/m0/s1. The Morgan fingerprint density at radius 1 is 1.05 bits per heavy atom. The molecule has 0 aliphatic carbocycles. The number of carbonyl (C=O) groups excluding carboxylic acids is 1. The number of nitrogens with zero attached hydrogens (tertiary/aromatic N) is 1. The molecular formula is C29H33N3O5S. The number of nitrogens with one attached hydrogen (secondary N) is 2. The second-order valence-electron chi connectivity index (χ2n) is 9.29. The zero-order valence-corrected chi connectivity index (χ0v) is 22.6. The van der Waals surface area contributed by atoms with Crippen molar-refractivity contribution >= 4 is 26.8 Å². The molecule has 3 aromatic carbocycles. The summed E-state index contributed by atoms with van der Waals surface area (Å²) in [6, 6.07) is 19.2. The summed E-state index contributed by atoms with van der Waals surface area (Å²) in [6.45, 7) is 2.18. The number of aliphatic hydroxyl groups excluding tert-OH is 1. The number of aromatic amines is 1. The van der Waals surface area contributed by atoms with Gasteiger partial charge in [0.25, 0.3) is 5.91 Å². The number of H-pyrrole nitrogens is 1. The van der Waals surface area contributed by atoms with Gasteiger partial charge in [0.15, 0.2) is 0 Å². The monoisotopic (exact) mass is 535 g/mol. The van der Waals surface area contributed by atoms with Crippen molar-refractivity contribution in [2.24, 2.45) is 0 Å². The van der Waals surface area contributed by atoms with E-state index in [-0.39, 0.29) is 17.4 Å². The van der Waals surface area contributed by atoms with E-state index in [4.69, 9.17) is 4.74 Å². The molecule has 1 heterocycles. The normalized spacial score (nSPS) is 12.6. The highest BCUT2D eigenvalue weighted by Gasteiger charge is 2.21. The first-order valence-corrected chi connectivity index (χ1v) is 13.9. The average molecular weight is 536 g/mol. The first-order chi connectivity index (χ1) is 18.2. The minimum atomic E-state index is -3.61. The molecule has 1 aromatic heterocycles. The number of carbonyl (C=O) groups is 1. The van der Waals surface area contributed by atoms with Crippen LogP contribution in [0.3, 0.4) is 0 Å². The topological polar surface area (TPSA) is 112 Å². The smallest absolute Gasteiger partial charge is 0.255 e. The maximum Gasteiger partial charge on any atom is 0.255 e. The Hall–Kier alpha value is -3.66. The van der Waals surface area contributed by atoms with Gasteiger partial charge in [-0.1, -0.05) is 43.3 Å². The third-order valence-electron chi connectivity index (χ3n) is 6.33. The quantitative estimate of drug-likeness (QED) is 0.266. The lowest BCUT2D eigenvalue weighted by atomic mass is 10.0. The van der Waals surface area contributed by atoms with Crippen molar-refractivity contribution in [3.63, 3.8) is 0 Å². The minimum absolute atomic E-state index is 0.163. The lowest BCUT2D eigenvalue weighted by Gasteiger charge is -2.19. The van der Waals surface area contributed by atoms with Crippen molar-refractivity contribution < 1.29 is 23.1 Å². The van der Waals surface area contributed by atoms with Crippen LogP contribution >= 0.6 is 0 Å². The van der Waals surface area contributed by atoms with Crippen LogP contribution in [0.1, 0.15) is 29.3 Å². The molecule has 4 aromatic rings. The van der Waals surface area contributed by atoms with E-state index in [1.165, 1.54) is 14.1 Å². The van der Waals surface area contributed by atoms with Gasteiger partial charge in [0.1, 0.15) is 5.75 Å². The molecule has 0 bridgehead atoms.